The van der Waals surface area contributed by atoms with Crippen molar-refractivity contribution in [2.24, 2.45) is 0 Å². The summed E-state index contributed by atoms with van der Waals surface area (Å²) >= 11 is 1.60. The molecule has 5 heteroatoms. The number of carbonyl (C=O) groups excluding carboxylic acids is 1. The fraction of sp³-hybridized carbons (Fsp3) is 0.267. The molecule has 104 valence electrons. The van der Waals surface area contributed by atoms with Crippen LogP contribution >= 0.6 is 11.8 Å². The lowest BCUT2D eigenvalue weighted by Gasteiger charge is -2.07. The van der Waals surface area contributed by atoms with Gasteiger partial charge in [-0.1, -0.05) is 18.7 Å². The molecule has 0 aliphatic heterocycles. The summed E-state index contributed by atoms with van der Waals surface area (Å²) in [7, 11) is 0. The fourth-order valence-corrected chi connectivity index (χ4v) is 2.47. The van der Waals surface area contributed by atoms with Crippen molar-refractivity contribution in [2.45, 2.75) is 37.1 Å². The average Bonchev–Trinajstić information content (AvgIpc) is 2.45. The quantitative estimate of drug-likeness (QED) is 0.873. The van der Waals surface area contributed by atoms with Gasteiger partial charge < -0.3 is 5.32 Å². The number of aryl methyl sites for hydroxylation is 2. The number of hydrogen-bond donors (Lipinski definition) is 1. The van der Waals surface area contributed by atoms with Gasteiger partial charge in [-0.15, -0.1) is 0 Å². The van der Waals surface area contributed by atoms with Crippen LogP contribution in [0.3, 0.4) is 0 Å². The summed E-state index contributed by atoms with van der Waals surface area (Å²) in [6, 6.07) is 7.76. The van der Waals surface area contributed by atoms with Crippen molar-refractivity contribution in [3.05, 3.63) is 41.9 Å². The van der Waals surface area contributed by atoms with Crippen molar-refractivity contribution in [1.29, 1.82) is 0 Å². The van der Waals surface area contributed by atoms with Gasteiger partial charge in [0.25, 0.3) is 0 Å². The van der Waals surface area contributed by atoms with Gasteiger partial charge in [0, 0.05) is 23.2 Å². The Morgan fingerprint density at radius 3 is 2.60 bits per heavy atom. The van der Waals surface area contributed by atoms with Gasteiger partial charge in [-0.05, 0) is 43.7 Å². The second kappa shape index (κ2) is 6.52. The predicted molar refractivity (Wildman–Crippen MR) is 81.0 cm³/mol. The number of nitrogens with zero attached hydrogens (tertiary/aromatic N) is 2. The molecular formula is C15H17N3OS. The maximum Gasteiger partial charge on any atom is 0.224 e. The Morgan fingerprint density at radius 2 is 1.95 bits per heavy atom. The average molecular weight is 287 g/mol. The molecule has 4 nitrogen and oxygen atoms in total. The normalized spacial score (nSPS) is 10.3. The Hall–Kier alpha value is -1.88. The maximum atomic E-state index is 11.3. The molecule has 0 saturated carbocycles. The van der Waals surface area contributed by atoms with Crippen LogP contribution in [0, 0.1) is 13.8 Å². The molecule has 1 heterocycles. The van der Waals surface area contributed by atoms with Crippen LogP contribution in [0.4, 0.5) is 5.69 Å². The molecule has 0 aliphatic carbocycles. The zero-order valence-electron chi connectivity index (χ0n) is 11.8. The van der Waals surface area contributed by atoms with Crippen LogP contribution in [-0.2, 0) is 4.79 Å². The van der Waals surface area contributed by atoms with E-state index in [4.69, 9.17) is 0 Å². The van der Waals surface area contributed by atoms with E-state index < -0.39 is 0 Å². The largest absolute Gasteiger partial charge is 0.326 e. The first-order valence-corrected chi connectivity index (χ1v) is 7.28. The monoisotopic (exact) mass is 287 g/mol. The van der Waals surface area contributed by atoms with Gasteiger partial charge >= 0.3 is 0 Å². The third-order valence-electron chi connectivity index (χ3n) is 2.72. The zero-order chi connectivity index (χ0) is 14.5. The van der Waals surface area contributed by atoms with Gasteiger partial charge in [0.1, 0.15) is 10.9 Å². The van der Waals surface area contributed by atoms with Crippen molar-refractivity contribution in [1.82, 2.24) is 9.97 Å². The van der Waals surface area contributed by atoms with Gasteiger partial charge in [-0.2, -0.15) is 0 Å². The van der Waals surface area contributed by atoms with Crippen LogP contribution in [0.5, 0.6) is 0 Å². The van der Waals surface area contributed by atoms with Crippen molar-refractivity contribution < 1.29 is 4.79 Å². The van der Waals surface area contributed by atoms with E-state index in [2.05, 4.69) is 15.3 Å². The number of nitrogens with one attached hydrogen (secondary N) is 1. The van der Waals surface area contributed by atoms with Gasteiger partial charge in [-0.25, -0.2) is 9.97 Å². The van der Waals surface area contributed by atoms with E-state index in [9.17, 15) is 4.79 Å². The molecule has 0 radical (unpaired) electrons. The van der Waals surface area contributed by atoms with Crippen LogP contribution < -0.4 is 5.32 Å². The lowest BCUT2D eigenvalue weighted by atomic mass is 10.3. The van der Waals surface area contributed by atoms with E-state index in [1.807, 2.05) is 51.2 Å². The Kier molecular flexibility index (Phi) is 4.74. The molecule has 0 bridgehead atoms. The van der Waals surface area contributed by atoms with Crippen molar-refractivity contribution in [3.63, 3.8) is 0 Å². The molecule has 1 N–H and O–H groups in total. The third-order valence-corrected chi connectivity index (χ3v) is 3.83. The Bertz CT molecular complexity index is 611. The summed E-state index contributed by atoms with van der Waals surface area (Å²) in [5.41, 5.74) is 1.88. The molecule has 20 heavy (non-hydrogen) atoms. The molecule has 2 aromatic rings. The number of aromatic nitrogens is 2. The van der Waals surface area contributed by atoms with E-state index in [0.717, 1.165) is 27.0 Å². The van der Waals surface area contributed by atoms with Crippen molar-refractivity contribution in [2.75, 3.05) is 5.32 Å². The highest BCUT2D eigenvalue weighted by Crippen LogP contribution is 2.29. The van der Waals surface area contributed by atoms with Gasteiger partial charge in [-0.3, -0.25) is 4.79 Å². The molecule has 0 saturated heterocycles. The molecule has 0 unspecified atom stereocenters. The standard InChI is InChI=1S/C15H17N3OS/c1-4-14(19)18-12-5-7-13(8-6-12)20-15-10(2)9-16-11(3)17-15/h5-9H,4H2,1-3H3,(H,18,19). The fourth-order valence-electron chi connectivity index (χ4n) is 1.58. The number of rotatable bonds is 4. The minimum atomic E-state index is 0.0210. The van der Waals surface area contributed by atoms with Gasteiger partial charge in [0.05, 0.1) is 0 Å². The topological polar surface area (TPSA) is 54.9 Å². The minimum absolute atomic E-state index is 0.0210. The van der Waals surface area contributed by atoms with E-state index in [1.165, 1.54) is 0 Å². The summed E-state index contributed by atoms with van der Waals surface area (Å²) in [5, 5.41) is 3.79. The highest BCUT2D eigenvalue weighted by Gasteiger charge is 2.05. The van der Waals surface area contributed by atoms with E-state index in [0.29, 0.717) is 6.42 Å². The Morgan fingerprint density at radius 1 is 1.25 bits per heavy atom. The molecular weight excluding hydrogens is 270 g/mol. The van der Waals surface area contributed by atoms with E-state index in [1.54, 1.807) is 11.8 Å². The molecule has 0 fully saturated rings. The van der Waals surface area contributed by atoms with Gasteiger partial charge in [0.2, 0.25) is 5.91 Å². The second-order valence-corrected chi connectivity index (χ2v) is 5.50. The predicted octanol–water partition coefficient (Wildman–Crippen LogP) is 3.59. The summed E-state index contributed by atoms with van der Waals surface area (Å²) in [5.74, 6) is 0.789. The zero-order valence-corrected chi connectivity index (χ0v) is 12.6. The maximum absolute atomic E-state index is 11.3. The van der Waals surface area contributed by atoms with E-state index >= 15 is 0 Å². The Labute approximate surface area is 123 Å². The number of carbonyl (C=O) groups is 1. The number of amides is 1. The second-order valence-electron chi connectivity index (χ2n) is 4.43. The molecule has 0 atom stereocenters. The minimum Gasteiger partial charge on any atom is -0.326 e. The highest BCUT2D eigenvalue weighted by molar-refractivity contribution is 7.99. The van der Waals surface area contributed by atoms with Crippen LogP contribution in [0.25, 0.3) is 0 Å². The van der Waals surface area contributed by atoms with Crippen LogP contribution in [0.2, 0.25) is 0 Å². The Balaban J connectivity index is 2.10. The molecule has 1 aromatic heterocycles. The lowest BCUT2D eigenvalue weighted by Crippen LogP contribution is -2.08. The van der Waals surface area contributed by atoms with Crippen LogP contribution in [0.15, 0.2) is 40.4 Å². The van der Waals surface area contributed by atoms with Crippen molar-refractivity contribution in [3.8, 4) is 0 Å². The first-order chi connectivity index (χ1) is 9.58. The first-order valence-electron chi connectivity index (χ1n) is 6.46. The molecule has 2 rings (SSSR count). The lowest BCUT2D eigenvalue weighted by molar-refractivity contribution is -0.115. The van der Waals surface area contributed by atoms with E-state index in [-0.39, 0.29) is 5.91 Å². The number of hydrogen-bond acceptors (Lipinski definition) is 4. The molecule has 1 aromatic carbocycles. The van der Waals surface area contributed by atoms with Crippen LogP contribution in [0.1, 0.15) is 24.7 Å². The smallest absolute Gasteiger partial charge is 0.224 e. The third kappa shape index (κ3) is 3.81. The van der Waals surface area contributed by atoms with Gasteiger partial charge in [0.15, 0.2) is 0 Å². The van der Waals surface area contributed by atoms with Crippen LogP contribution in [-0.4, -0.2) is 15.9 Å². The summed E-state index contributed by atoms with van der Waals surface area (Å²) in [6.07, 6.45) is 2.32. The number of anilines is 1. The van der Waals surface area contributed by atoms with Crippen molar-refractivity contribution >= 4 is 23.4 Å². The first kappa shape index (κ1) is 14.5. The molecule has 1 amide bonds. The summed E-state index contributed by atoms with van der Waals surface area (Å²) in [4.78, 5) is 21.0. The number of benzene rings is 1. The summed E-state index contributed by atoms with van der Waals surface area (Å²) in [6.45, 7) is 5.71. The molecule has 0 spiro atoms. The SMILES string of the molecule is CCC(=O)Nc1ccc(Sc2nc(C)ncc2C)cc1. The highest BCUT2D eigenvalue weighted by atomic mass is 32.2. The summed E-state index contributed by atoms with van der Waals surface area (Å²) < 4.78 is 0. The molecule has 0 aliphatic rings.